The van der Waals surface area contributed by atoms with Crippen LogP contribution < -0.4 is 0 Å². The van der Waals surface area contributed by atoms with Gasteiger partial charge >= 0.3 is 0 Å². The van der Waals surface area contributed by atoms with Gasteiger partial charge in [0, 0.05) is 32.1 Å². The molecule has 1 aliphatic rings. The van der Waals surface area contributed by atoms with Gasteiger partial charge in [0.05, 0.1) is 4.90 Å². The summed E-state index contributed by atoms with van der Waals surface area (Å²) in [5.41, 5.74) is 7.82. The molecule has 34 heavy (non-hydrogen) atoms. The van der Waals surface area contributed by atoms with Crippen molar-refractivity contribution in [2.75, 3.05) is 26.7 Å². The van der Waals surface area contributed by atoms with Crippen LogP contribution in [-0.4, -0.2) is 46.1 Å². The highest BCUT2D eigenvalue weighted by Crippen LogP contribution is 2.35. The van der Waals surface area contributed by atoms with Gasteiger partial charge in [0.25, 0.3) is 0 Å². The normalized spacial score (nSPS) is 19.2. The zero-order valence-corrected chi connectivity index (χ0v) is 22.1. The van der Waals surface area contributed by atoms with Gasteiger partial charge in [0.2, 0.25) is 0 Å². The van der Waals surface area contributed by atoms with Crippen LogP contribution in [0.15, 0.2) is 71.6 Å². The summed E-state index contributed by atoms with van der Waals surface area (Å²) in [6, 6.07) is 24.4. The van der Waals surface area contributed by atoms with E-state index < -0.39 is 11.0 Å². The van der Waals surface area contributed by atoms with Gasteiger partial charge in [0.1, 0.15) is 11.0 Å². The molecule has 0 bridgehead atoms. The Balaban J connectivity index is 1.23. The summed E-state index contributed by atoms with van der Waals surface area (Å²) >= 11 is 0. The van der Waals surface area contributed by atoms with Crippen molar-refractivity contribution in [3.05, 3.63) is 89.0 Å². The largest absolute Gasteiger partial charge is 0.299 e. The minimum atomic E-state index is -1.08. The minimum absolute atomic E-state index is 0.574. The number of benzene rings is 3. The monoisotopic (exact) mass is 474 g/mol. The number of hydrogen-bond acceptors (Lipinski definition) is 2. The molecular formula is C30H38N2OS. The molecule has 0 N–H and O–H groups in total. The van der Waals surface area contributed by atoms with Gasteiger partial charge in [-0.15, -0.1) is 0 Å². The van der Waals surface area contributed by atoms with E-state index in [0.29, 0.717) is 12.0 Å². The van der Waals surface area contributed by atoms with Crippen LogP contribution in [0.1, 0.15) is 47.9 Å². The highest BCUT2D eigenvalue weighted by molar-refractivity contribution is 7.82. The maximum atomic E-state index is 12.8. The smallest absolute Gasteiger partial charge is 0.127 e. The molecule has 1 aliphatic heterocycles. The molecule has 1 saturated heterocycles. The lowest BCUT2D eigenvalue weighted by atomic mass is 9.82. The number of rotatable bonds is 9. The van der Waals surface area contributed by atoms with Crippen LogP contribution in [0.5, 0.6) is 0 Å². The molecule has 0 saturated carbocycles. The fraction of sp³-hybridized carbons (Fsp3) is 0.400. The van der Waals surface area contributed by atoms with Crippen molar-refractivity contribution in [2.45, 2.75) is 57.4 Å². The molecule has 0 aromatic heterocycles. The average molecular weight is 475 g/mol. The van der Waals surface area contributed by atoms with Crippen LogP contribution in [0.25, 0.3) is 11.1 Å². The van der Waals surface area contributed by atoms with Crippen LogP contribution in [0.4, 0.5) is 0 Å². The predicted octanol–water partition coefficient (Wildman–Crippen LogP) is 6.50. The van der Waals surface area contributed by atoms with E-state index in [-0.39, 0.29) is 0 Å². The third-order valence-electron chi connectivity index (χ3n) is 7.37. The second kappa shape index (κ2) is 11.0. The van der Waals surface area contributed by atoms with Crippen molar-refractivity contribution in [3.63, 3.8) is 0 Å². The quantitative estimate of drug-likeness (QED) is 0.330. The molecule has 0 amide bonds. The topological polar surface area (TPSA) is 23.6 Å². The molecule has 2 unspecified atom stereocenters. The summed E-state index contributed by atoms with van der Waals surface area (Å²) in [4.78, 5) is 3.51. The Labute approximate surface area is 208 Å². The number of unbranched alkanes of at least 4 members (excludes halogenated alkanes) is 1. The van der Waals surface area contributed by atoms with Gasteiger partial charge in [-0.25, -0.2) is 8.51 Å². The lowest BCUT2D eigenvalue weighted by Gasteiger charge is -2.47. The first-order chi connectivity index (χ1) is 16.3. The molecule has 0 aliphatic carbocycles. The molecule has 0 radical (unpaired) electrons. The van der Waals surface area contributed by atoms with E-state index in [1.807, 2.05) is 42.5 Å². The molecule has 1 fully saturated rings. The lowest BCUT2D eigenvalue weighted by Crippen LogP contribution is -2.53. The Morgan fingerprint density at radius 2 is 1.68 bits per heavy atom. The van der Waals surface area contributed by atoms with Crippen LogP contribution in [-0.2, 0) is 11.0 Å². The second-order valence-electron chi connectivity index (χ2n) is 9.86. The van der Waals surface area contributed by atoms with Crippen molar-refractivity contribution in [2.24, 2.45) is 0 Å². The van der Waals surface area contributed by atoms with Gasteiger partial charge in [-0.3, -0.25) is 4.90 Å². The summed E-state index contributed by atoms with van der Waals surface area (Å²) in [5.74, 6) is 0.615. The third-order valence-corrected chi connectivity index (χ3v) is 8.95. The van der Waals surface area contributed by atoms with E-state index in [1.54, 1.807) is 0 Å². The minimum Gasteiger partial charge on any atom is -0.299 e. The SMILES string of the molecule is Cc1ccc(C)c(-c2ccc(C3CN(CCCCN(C)S(=O)c4ccccc4C)[C@H]3C)cc2)c1. The number of hydrogen-bond donors (Lipinski definition) is 0. The van der Waals surface area contributed by atoms with E-state index in [0.717, 1.165) is 42.9 Å². The van der Waals surface area contributed by atoms with Crippen molar-refractivity contribution >= 4 is 11.0 Å². The highest BCUT2D eigenvalue weighted by atomic mass is 32.2. The van der Waals surface area contributed by atoms with Crippen molar-refractivity contribution < 1.29 is 4.21 Å². The second-order valence-corrected chi connectivity index (χ2v) is 11.4. The van der Waals surface area contributed by atoms with E-state index in [4.69, 9.17) is 0 Å². The maximum Gasteiger partial charge on any atom is 0.127 e. The number of aryl methyl sites for hydroxylation is 3. The molecule has 0 spiro atoms. The number of likely N-dealkylation sites (tertiary alicyclic amines) is 1. The van der Waals surface area contributed by atoms with Crippen molar-refractivity contribution in [1.29, 1.82) is 0 Å². The first kappa shape index (κ1) is 24.8. The first-order valence-electron chi connectivity index (χ1n) is 12.5. The van der Waals surface area contributed by atoms with Crippen LogP contribution in [0.2, 0.25) is 0 Å². The first-order valence-corrected chi connectivity index (χ1v) is 13.6. The van der Waals surface area contributed by atoms with Crippen molar-refractivity contribution in [3.8, 4) is 11.1 Å². The summed E-state index contributed by atoms with van der Waals surface area (Å²) in [6.07, 6.45) is 2.20. The molecule has 3 atom stereocenters. The molecule has 3 aromatic rings. The molecule has 3 aromatic carbocycles. The zero-order valence-electron chi connectivity index (χ0n) is 21.3. The molecule has 4 heteroatoms. The summed E-state index contributed by atoms with van der Waals surface area (Å²) in [6.45, 7) is 11.8. The zero-order chi connectivity index (χ0) is 24.2. The average Bonchev–Trinajstić information content (AvgIpc) is 2.84. The fourth-order valence-corrected chi connectivity index (χ4v) is 6.15. The van der Waals surface area contributed by atoms with Gasteiger partial charge in [-0.2, -0.15) is 0 Å². The van der Waals surface area contributed by atoms with Gasteiger partial charge in [-0.05, 0) is 81.0 Å². The molecule has 4 rings (SSSR count). The van der Waals surface area contributed by atoms with E-state index in [1.165, 1.54) is 27.8 Å². The number of nitrogens with zero attached hydrogens (tertiary/aromatic N) is 2. The Morgan fingerprint density at radius 1 is 0.941 bits per heavy atom. The third kappa shape index (κ3) is 5.51. The Morgan fingerprint density at radius 3 is 2.38 bits per heavy atom. The standard InChI is InChI=1S/C30H38N2OS/c1-22-12-13-23(2)28(20-22)26-14-16-27(17-15-26)29-21-32(25(29)4)19-9-8-18-31(5)34(33)30-11-7-6-10-24(30)3/h6-7,10-17,20,25,29H,8-9,18-19,21H2,1-5H3/t25-,29?,34?/m0/s1. The van der Waals surface area contributed by atoms with Gasteiger partial charge in [0.15, 0.2) is 0 Å². The Kier molecular flexibility index (Phi) is 8.02. The molecule has 1 heterocycles. The predicted molar refractivity (Wildman–Crippen MR) is 145 cm³/mol. The van der Waals surface area contributed by atoms with Crippen LogP contribution >= 0.6 is 0 Å². The molecular weight excluding hydrogens is 436 g/mol. The van der Waals surface area contributed by atoms with Gasteiger partial charge < -0.3 is 0 Å². The highest BCUT2D eigenvalue weighted by Gasteiger charge is 2.35. The fourth-order valence-electron chi connectivity index (χ4n) is 4.98. The maximum absolute atomic E-state index is 12.8. The summed E-state index contributed by atoms with van der Waals surface area (Å²) < 4.78 is 14.8. The van der Waals surface area contributed by atoms with Crippen LogP contribution in [0, 0.1) is 20.8 Å². The van der Waals surface area contributed by atoms with Gasteiger partial charge in [-0.1, -0.05) is 66.2 Å². The summed E-state index contributed by atoms with van der Waals surface area (Å²) in [7, 11) is 0.886. The lowest BCUT2D eigenvalue weighted by molar-refractivity contribution is 0.0706. The van der Waals surface area contributed by atoms with E-state index in [9.17, 15) is 4.21 Å². The van der Waals surface area contributed by atoms with E-state index in [2.05, 4.69) is 68.1 Å². The molecule has 180 valence electrons. The Bertz CT molecular complexity index is 1140. The molecule has 3 nitrogen and oxygen atoms in total. The van der Waals surface area contributed by atoms with E-state index >= 15 is 0 Å². The Hall–Kier alpha value is -2.27. The van der Waals surface area contributed by atoms with Crippen LogP contribution in [0.3, 0.4) is 0 Å². The van der Waals surface area contributed by atoms with Crippen molar-refractivity contribution in [1.82, 2.24) is 9.21 Å². The summed E-state index contributed by atoms with van der Waals surface area (Å²) in [5, 5.41) is 0.